The van der Waals surface area contributed by atoms with E-state index in [2.05, 4.69) is 10.6 Å². The van der Waals surface area contributed by atoms with Gasteiger partial charge in [-0.2, -0.15) is 0 Å². The fourth-order valence-electron chi connectivity index (χ4n) is 1.44. The van der Waals surface area contributed by atoms with Crippen molar-refractivity contribution in [1.29, 1.82) is 0 Å². The molecule has 0 aliphatic carbocycles. The molecule has 0 aromatic heterocycles. The third-order valence-electron chi connectivity index (χ3n) is 2.34. The van der Waals surface area contributed by atoms with E-state index in [1.807, 2.05) is 19.0 Å². The van der Waals surface area contributed by atoms with Crippen molar-refractivity contribution in [1.82, 2.24) is 20.4 Å². The van der Waals surface area contributed by atoms with Gasteiger partial charge in [-0.15, -0.1) is 0 Å². The lowest BCUT2D eigenvalue weighted by molar-refractivity contribution is -0.130. The summed E-state index contributed by atoms with van der Waals surface area (Å²) in [4.78, 5) is 36.7. The normalized spacial score (nSPS) is 15.4. The lowest BCUT2D eigenvalue weighted by atomic mass is 10.4. The largest absolute Gasteiger partial charge is 0.354 e. The minimum atomic E-state index is -0.501. The molecule has 0 atom stereocenters. The van der Waals surface area contributed by atoms with Crippen LogP contribution in [0.3, 0.4) is 0 Å². The highest BCUT2D eigenvalue weighted by molar-refractivity contribution is 6.04. The van der Waals surface area contributed by atoms with Gasteiger partial charge in [0.05, 0.1) is 6.54 Å². The fourth-order valence-corrected chi connectivity index (χ4v) is 1.44. The van der Waals surface area contributed by atoms with E-state index >= 15 is 0 Å². The second-order valence-electron chi connectivity index (χ2n) is 4.15. The summed E-state index contributed by atoms with van der Waals surface area (Å²) >= 11 is 0. The highest BCUT2D eigenvalue weighted by Crippen LogP contribution is 1.97. The number of nitrogens with zero attached hydrogens (tertiary/aromatic N) is 2. The van der Waals surface area contributed by atoms with Gasteiger partial charge in [0, 0.05) is 6.54 Å². The number of urea groups is 1. The Labute approximate surface area is 100 Å². The van der Waals surface area contributed by atoms with Crippen molar-refractivity contribution in [2.24, 2.45) is 0 Å². The van der Waals surface area contributed by atoms with E-state index in [0.717, 1.165) is 17.9 Å². The molecule has 7 heteroatoms. The number of carbonyl (C=O) groups is 3. The smallest absolute Gasteiger partial charge is 0.325 e. The molecule has 17 heavy (non-hydrogen) atoms. The van der Waals surface area contributed by atoms with Gasteiger partial charge in [0.2, 0.25) is 5.91 Å². The number of hydrogen-bond acceptors (Lipinski definition) is 4. The van der Waals surface area contributed by atoms with Crippen LogP contribution in [0.15, 0.2) is 0 Å². The average Bonchev–Trinajstić information content (AvgIpc) is 2.56. The second-order valence-corrected chi connectivity index (χ2v) is 4.15. The number of hydrogen-bond donors (Lipinski definition) is 2. The monoisotopic (exact) mass is 242 g/mol. The van der Waals surface area contributed by atoms with Crippen molar-refractivity contribution in [2.75, 3.05) is 40.3 Å². The SMILES string of the molecule is CN(C)CCCNC(=O)CN1C(=O)CNC1=O. The molecule has 0 spiro atoms. The summed E-state index contributed by atoms with van der Waals surface area (Å²) in [5, 5.41) is 5.02. The van der Waals surface area contributed by atoms with E-state index < -0.39 is 6.03 Å². The number of nitrogens with one attached hydrogen (secondary N) is 2. The van der Waals surface area contributed by atoms with Crippen LogP contribution < -0.4 is 10.6 Å². The highest BCUT2D eigenvalue weighted by atomic mass is 16.2. The molecule has 0 unspecified atom stereocenters. The third-order valence-corrected chi connectivity index (χ3v) is 2.34. The van der Waals surface area contributed by atoms with E-state index in [-0.39, 0.29) is 24.9 Å². The number of imide groups is 1. The molecule has 0 aromatic rings. The van der Waals surface area contributed by atoms with Gasteiger partial charge in [-0.25, -0.2) is 4.79 Å². The summed E-state index contributed by atoms with van der Waals surface area (Å²) in [5.74, 6) is -0.674. The number of rotatable bonds is 6. The summed E-state index contributed by atoms with van der Waals surface area (Å²) in [6.45, 7) is 1.20. The first-order valence-corrected chi connectivity index (χ1v) is 5.50. The quantitative estimate of drug-likeness (QED) is 0.443. The lowest BCUT2D eigenvalue weighted by Crippen LogP contribution is -2.41. The van der Waals surface area contributed by atoms with Crippen LogP contribution in [0.4, 0.5) is 4.79 Å². The molecule has 0 saturated carbocycles. The van der Waals surface area contributed by atoms with E-state index in [4.69, 9.17) is 0 Å². The van der Waals surface area contributed by atoms with Gasteiger partial charge < -0.3 is 15.5 Å². The predicted octanol–water partition coefficient (Wildman–Crippen LogP) is -1.39. The van der Waals surface area contributed by atoms with Gasteiger partial charge >= 0.3 is 6.03 Å². The molecule has 1 aliphatic heterocycles. The van der Waals surface area contributed by atoms with Crippen LogP contribution in [0.25, 0.3) is 0 Å². The molecule has 2 N–H and O–H groups in total. The van der Waals surface area contributed by atoms with Crippen LogP contribution in [0.1, 0.15) is 6.42 Å². The number of carbonyl (C=O) groups excluding carboxylic acids is 3. The van der Waals surface area contributed by atoms with Crippen LogP contribution in [0, 0.1) is 0 Å². The van der Waals surface area contributed by atoms with Gasteiger partial charge in [-0.3, -0.25) is 14.5 Å². The zero-order valence-corrected chi connectivity index (χ0v) is 10.2. The van der Waals surface area contributed by atoms with Gasteiger partial charge in [-0.1, -0.05) is 0 Å². The summed E-state index contributed by atoms with van der Waals surface area (Å²) in [7, 11) is 3.91. The van der Waals surface area contributed by atoms with Crippen LogP contribution in [-0.2, 0) is 9.59 Å². The van der Waals surface area contributed by atoms with Crippen LogP contribution >= 0.6 is 0 Å². The molecule has 1 saturated heterocycles. The maximum absolute atomic E-state index is 11.4. The molecular formula is C10H18N4O3. The molecule has 0 radical (unpaired) electrons. The maximum Gasteiger partial charge on any atom is 0.325 e. The van der Waals surface area contributed by atoms with Crippen molar-refractivity contribution < 1.29 is 14.4 Å². The van der Waals surface area contributed by atoms with Crippen molar-refractivity contribution in [3.8, 4) is 0 Å². The Bertz CT molecular complexity index is 301. The Morgan fingerprint density at radius 1 is 1.47 bits per heavy atom. The zero-order chi connectivity index (χ0) is 12.8. The van der Waals surface area contributed by atoms with Crippen molar-refractivity contribution in [3.63, 3.8) is 0 Å². The molecule has 1 fully saturated rings. The molecule has 96 valence electrons. The molecule has 4 amide bonds. The minimum Gasteiger partial charge on any atom is -0.354 e. The Morgan fingerprint density at radius 3 is 2.71 bits per heavy atom. The van der Waals surface area contributed by atoms with Gasteiger partial charge in [-0.05, 0) is 27.1 Å². The standard InChI is InChI=1S/C10H18N4O3/c1-13(2)5-3-4-11-8(15)7-14-9(16)6-12-10(14)17/h3-7H2,1-2H3,(H,11,15)(H,12,17). The van der Waals surface area contributed by atoms with Gasteiger partial charge in [0.1, 0.15) is 6.54 Å². The third kappa shape index (κ3) is 4.39. The van der Waals surface area contributed by atoms with Crippen molar-refractivity contribution in [3.05, 3.63) is 0 Å². The molecule has 1 aliphatic rings. The van der Waals surface area contributed by atoms with Gasteiger partial charge in [0.15, 0.2) is 0 Å². The Balaban J connectivity index is 2.21. The predicted molar refractivity (Wildman–Crippen MR) is 61.3 cm³/mol. The van der Waals surface area contributed by atoms with Gasteiger partial charge in [0.25, 0.3) is 5.91 Å². The Kier molecular flexibility index (Phi) is 4.89. The zero-order valence-electron chi connectivity index (χ0n) is 10.2. The molecule has 7 nitrogen and oxygen atoms in total. The van der Waals surface area contributed by atoms with Crippen LogP contribution in [0.5, 0.6) is 0 Å². The minimum absolute atomic E-state index is 0.0211. The topological polar surface area (TPSA) is 81.8 Å². The number of amides is 4. The van der Waals surface area contributed by atoms with E-state index in [1.165, 1.54) is 0 Å². The Hall–Kier alpha value is -1.63. The van der Waals surface area contributed by atoms with Crippen molar-refractivity contribution in [2.45, 2.75) is 6.42 Å². The molecule has 0 bridgehead atoms. The molecule has 0 aromatic carbocycles. The van der Waals surface area contributed by atoms with E-state index in [1.54, 1.807) is 0 Å². The summed E-state index contributed by atoms with van der Waals surface area (Å²) in [6, 6.07) is -0.501. The maximum atomic E-state index is 11.4. The summed E-state index contributed by atoms with van der Waals surface area (Å²) < 4.78 is 0. The van der Waals surface area contributed by atoms with E-state index in [0.29, 0.717) is 6.54 Å². The van der Waals surface area contributed by atoms with Crippen molar-refractivity contribution >= 4 is 17.8 Å². The fraction of sp³-hybridized carbons (Fsp3) is 0.700. The van der Waals surface area contributed by atoms with E-state index in [9.17, 15) is 14.4 Å². The van der Waals surface area contributed by atoms with Crippen LogP contribution in [0.2, 0.25) is 0 Å². The summed E-state index contributed by atoms with van der Waals surface area (Å²) in [6.07, 6.45) is 0.832. The first-order chi connectivity index (χ1) is 8.00. The Morgan fingerprint density at radius 2 is 2.18 bits per heavy atom. The first-order valence-electron chi connectivity index (χ1n) is 5.50. The highest BCUT2D eigenvalue weighted by Gasteiger charge is 2.29. The second kappa shape index (κ2) is 6.19. The molecular weight excluding hydrogens is 224 g/mol. The molecule has 1 rings (SSSR count). The lowest BCUT2D eigenvalue weighted by Gasteiger charge is -2.13. The first kappa shape index (κ1) is 13.4. The molecule has 1 heterocycles. The summed E-state index contributed by atoms with van der Waals surface area (Å²) in [5.41, 5.74) is 0. The van der Waals surface area contributed by atoms with Crippen LogP contribution in [-0.4, -0.2) is 67.9 Å². The average molecular weight is 242 g/mol.